The molecule has 0 saturated heterocycles. The minimum absolute atomic E-state index is 0.163. The van der Waals surface area contributed by atoms with Crippen LogP contribution in [0.25, 0.3) is 10.9 Å². The van der Waals surface area contributed by atoms with Crippen molar-refractivity contribution in [2.24, 2.45) is 0 Å². The van der Waals surface area contributed by atoms with E-state index in [1.807, 2.05) is 25.1 Å². The number of benzene rings is 1. The Kier molecular flexibility index (Phi) is 2.94. The van der Waals surface area contributed by atoms with Gasteiger partial charge in [-0.2, -0.15) is 0 Å². The second-order valence-corrected chi connectivity index (χ2v) is 5.69. The molecule has 6 heteroatoms. The first-order valence-corrected chi connectivity index (χ1v) is 6.89. The monoisotopic (exact) mass is 288 g/mol. The quantitative estimate of drug-likeness (QED) is 0.673. The van der Waals surface area contributed by atoms with Crippen LogP contribution in [0.15, 0.2) is 33.9 Å². The Balaban J connectivity index is 2.13. The van der Waals surface area contributed by atoms with Crippen molar-refractivity contribution in [2.45, 2.75) is 13.3 Å². The molecule has 2 heterocycles. The first-order chi connectivity index (χ1) is 9.54. The average Bonchev–Trinajstić information content (AvgIpc) is 2.70. The third kappa shape index (κ3) is 2.14. The molecule has 102 valence electrons. The molecule has 0 bridgehead atoms. The van der Waals surface area contributed by atoms with Crippen molar-refractivity contribution >= 4 is 22.2 Å². The summed E-state index contributed by atoms with van der Waals surface area (Å²) in [7, 11) is 0. The van der Waals surface area contributed by atoms with Crippen LogP contribution in [-0.2, 0) is 6.42 Å². The van der Waals surface area contributed by atoms with E-state index < -0.39 is 0 Å². The molecule has 0 saturated carbocycles. The molecule has 0 amide bonds. The van der Waals surface area contributed by atoms with E-state index in [1.54, 1.807) is 6.07 Å². The molecule has 1 aromatic carbocycles. The van der Waals surface area contributed by atoms with Crippen molar-refractivity contribution < 1.29 is 5.11 Å². The van der Waals surface area contributed by atoms with E-state index in [0.717, 1.165) is 27.8 Å². The van der Waals surface area contributed by atoms with Gasteiger partial charge in [-0.15, -0.1) is 0 Å². The number of hydrogen-bond acceptors (Lipinski definition) is 4. The lowest BCUT2D eigenvalue weighted by molar-refractivity contribution is 0.451. The Morgan fingerprint density at radius 3 is 2.75 bits per heavy atom. The van der Waals surface area contributed by atoms with E-state index in [-0.39, 0.29) is 22.7 Å². The molecule has 0 aliphatic carbocycles. The summed E-state index contributed by atoms with van der Waals surface area (Å²) in [4.78, 5) is 28.5. The van der Waals surface area contributed by atoms with Crippen LogP contribution in [0.3, 0.4) is 0 Å². The molecule has 3 N–H and O–H groups in total. The van der Waals surface area contributed by atoms with Crippen LogP contribution in [-0.4, -0.2) is 15.1 Å². The Bertz CT molecular complexity index is 905. The van der Waals surface area contributed by atoms with Crippen molar-refractivity contribution in [2.75, 3.05) is 0 Å². The Hall–Kier alpha value is -2.34. The molecule has 0 fully saturated rings. The van der Waals surface area contributed by atoms with Gasteiger partial charge in [0.15, 0.2) is 0 Å². The zero-order valence-electron chi connectivity index (χ0n) is 10.7. The largest absolute Gasteiger partial charge is 0.494 e. The maximum atomic E-state index is 12.1. The van der Waals surface area contributed by atoms with Gasteiger partial charge in [0.25, 0.3) is 5.56 Å². The van der Waals surface area contributed by atoms with E-state index >= 15 is 0 Å². The maximum Gasteiger partial charge on any atom is 0.307 e. The molecular weight excluding hydrogens is 276 g/mol. The third-order valence-corrected chi connectivity index (χ3v) is 4.09. The second kappa shape index (κ2) is 4.64. The summed E-state index contributed by atoms with van der Waals surface area (Å²) < 4.78 is 0. The minimum atomic E-state index is -0.328. The number of aromatic amines is 2. The topological polar surface area (TPSA) is 85.9 Å². The van der Waals surface area contributed by atoms with Gasteiger partial charge < -0.3 is 10.1 Å². The number of fused-ring (bicyclic) bond motifs is 1. The van der Waals surface area contributed by atoms with E-state index in [2.05, 4.69) is 9.97 Å². The van der Waals surface area contributed by atoms with Gasteiger partial charge in [0.2, 0.25) is 5.88 Å². The standard InChI is InChI=1S/C14H12N2O3S/c1-7-3-2-4-8-5-9(12(17)15-11(7)8)6-10-13(18)16-14(19)20-10/h2-5,18H,6H2,1H3,(H,15,17)(H,16,19). The van der Waals surface area contributed by atoms with Crippen molar-refractivity contribution in [3.05, 3.63) is 60.3 Å². The molecule has 0 atom stereocenters. The Morgan fingerprint density at radius 1 is 1.25 bits per heavy atom. The fourth-order valence-electron chi connectivity index (χ4n) is 2.20. The summed E-state index contributed by atoms with van der Waals surface area (Å²) in [6, 6.07) is 7.57. The number of aromatic hydroxyl groups is 1. The summed E-state index contributed by atoms with van der Waals surface area (Å²) in [6.45, 7) is 1.93. The molecule has 0 aliphatic heterocycles. The van der Waals surface area contributed by atoms with Crippen LogP contribution in [0.1, 0.15) is 16.0 Å². The van der Waals surface area contributed by atoms with Crippen molar-refractivity contribution in [3.63, 3.8) is 0 Å². The number of aromatic nitrogens is 2. The van der Waals surface area contributed by atoms with Crippen LogP contribution in [0.5, 0.6) is 5.88 Å². The first-order valence-electron chi connectivity index (χ1n) is 6.07. The zero-order valence-corrected chi connectivity index (χ0v) is 11.5. The highest BCUT2D eigenvalue weighted by Crippen LogP contribution is 2.21. The third-order valence-electron chi connectivity index (χ3n) is 3.22. The van der Waals surface area contributed by atoms with Gasteiger partial charge in [-0.05, 0) is 23.9 Å². The number of para-hydroxylation sites is 1. The summed E-state index contributed by atoms with van der Waals surface area (Å²) in [5.74, 6) is -0.163. The van der Waals surface area contributed by atoms with E-state index in [9.17, 15) is 14.7 Å². The fraction of sp³-hybridized carbons (Fsp3) is 0.143. The average molecular weight is 288 g/mol. The lowest BCUT2D eigenvalue weighted by atomic mass is 10.1. The van der Waals surface area contributed by atoms with Crippen molar-refractivity contribution in [1.29, 1.82) is 0 Å². The number of nitrogens with one attached hydrogen (secondary N) is 2. The number of aryl methyl sites for hydroxylation is 1. The number of rotatable bonds is 2. The van der Waals surface area contributed by atoms with Gasteiger partial charge in [-0.3, -0.25) is 14.6 Å². The van der Waals surface area contributed by atoms with Gasteiger partial charge in [-0.25, -0.2) is 0 Å². The van der Waals surface area contributed by atoms with Crippen molar-refractivity contribution in [3.8, 4) is 5.88 Å². The van der Waals surface area contributed by atoms with Crippen LogP contribution < -0.4 is 10.4 Å². The molecule has 2 aromatic heterocycles. The summed E-state index contributed by atoms with van der Waals surface area (Å²) >= 11 is 0.913. The van der Waals surface area contributed by atoms with E-state index in [0.29, 0.717) is 10.4 Å². The first kappa shape index (κ1) is 12.7. The summed E-state index contributed by atoms with van der Waals surface area (Å²) in [6.07, 6.45) is 0.231. The van der Waals surface area contributed by atoms with Crippen molar-refractivity contribution in [1.82, 2.24) is 9.97 Å². The Labute approximate surface area is 117 Å². The normalized spacial score (nSPS) is 11.1. The SMILES string of the molecule is Cc1cccc2cc(Cc3sc(=O)[nH]c3O)c(=O)[nH]c12. The molecule has 3 rings (SSSR count). The molecule has 3 aromatic rings. The smallest absolute Gasteiger partial charge is 0.307 e. The fourth-order valence-corrected chi connectivity index (χ4v) is 2.95. The highest BCUT2D eigenvalue weighted by Gasteiger charge is 2.11. The van der Waals surface area contributed by atoms with Crippen LogP contribution in [0.4, 0.5) is 0 Å². The molecular formula is C14H12N2O3S. The second-order valence-electron chi connectivity index (χ2n) is 4.63. The maximum absolute atomic E-state index is 12.1. The number of H-pyrrole nitrogens is 2. The van der Waals surface area contributed by atoms with Crippen LogP contribution in [0.2, 0.25) is 0 Å². The number of pyridine rings is 1. The number of thiazole rings is 1. The van der Waals surface area contributed by atoms with Gasteiger partial charge >= 0.3 is 4.87 Å². The van der Waals surface area contributed by atoms with Gasteiger partial charge in [0, 0.05) is 12.0 Å². The van der Waals surface area contributed by atoms with Crippen LogP contribution >= 0.6 is 11.3 Å². The highest BCUT2D eigenvalue weighted by atomic mass is 32.1. The molecule has 0 unspecified atom stereocenters. The summed E-state index contributed by atoms with van der Waals surface area (Å²) in [5.41, 5.74) is 2.13. The minimum Gasteiger partial charge on any atom is -0.494 e. The van der Waals surface area contributed by atoms with E-state index in [4.69, 9.17) is 0 Å². The molecule has 20 heavy (non-hydrogen) atoms. The van der Waals surface area contributed by atoms with Crippen LogP contribution in [0, 0.1) is 6.92 Å². The van der Waals surface area contributed by atoms with Gasteiger partial charge in [0.05, 0.1) is 10.4 Å². The lowest BCUT2D eigenvalue weighted by Crippen LogP contribution is -2.12. The molecule has 0 aliphatic rings. The van der Waals surface area contributed by atoms with Gasteiger partial charge in [-0.1, -0.05) is 29.5 Å². The summed E-state index contributed by atoms with van der Waals surface area (Å²) in [5, 5.41) is 10.5. The van der Waals surface area contributed by atoms with E-state index in [1.165, 1.54) is 0 Å². The predicted molar refractivity (Wildman–Crippen MR) is 78.7 cm³/mol. The molecule has 0 radical (unpaired) electrons. The predicted octanol–water partition coefficient (Wildman–Crippen LogP) is 1.88. The molecule has 5 nitrogen and oxygen atoms in total. The lowest BCUT2D eigenvalue weighted by Gasteiger charge is -2.04. The van der Waals surface area contributed by atoms with Gasteiger partial charge in [0.1, 0.15) is 0 Å². The highest BCUT2D eigenvalue weighted by molar-refractivity contribution is 7.09. The Morgan fingerprint density at radius 2 is 2.05 bits per heavy atom. The molecule has 0 spiro atoms. The number of hydrogen-bond donors (Lipinski definition) is 3. The zero-order chi connectivity index (χ0) is 14.3.